The number of amides is 2. The fourth-order valence-corrected chi connectivity index (χ4v) is 4.25. The van der Waals surface area contributed by atoms with Gasteiger partial charge in [0.1, 0.15) is 17.5 Å². The van der Waals surface area contributed by atoms with Crippen LogP contribution in [0.1, 0.15) is 23.5 Å². The highest BCUT2D eigenvalue weighted by Gasteiger charge is 2.35. The molecule has 3 aromatic rings. The summed E-state index contributed by atoms with van der Waals surface area (Å²) in [7, 11) is 0. The van der Waals surface area contributed by atoms with Crippen LogP contribution in [0.15, 0.2) is 52.4 Å². The Kier molecular flexibility index (Phi) is 6.24. The lowest BCUT2D eigenvalue weighted by Crippen LogP contribution is -2.36. The molecule has 2 heterocycles. The van der Waals surface area contributed by atoms with Crippen LogP contribution in [0.3, 0.4) is 0 Å². The number of halogens is 3. The first-order chi connectivity index (χ1) is 15.3. The van der Waals surface area contributed by atoms with Crippen molar-refractivity contribution in [3.8, 4) is 0 Å². The zero-order valence-electron chi connectivity index (χ0n) is 16.2. The van der Waals surface area contributed by atoms with Gasteiger partial charge in [0.2, 0.25) is 11.8 Å². The quantitative estimate of drug-likeness (QED) is 0.380. The predicted octanol–water partition coefficient (Wildman–Crippen LogP) is 4.06. The minimum atomic E-state index is -1.19. The van der Waals surface area contributed by atoms with Crippen LogP contribution in [0.4, 0.5) is 20.3 Å². The van der Waals surface area contributed by atoms with E-state index >= 15 is 0 Å². The summed E-state index contributed by atoms with van der Waals surface area (Å²) in [5.41, 5.74) is 0.0209. The van der Waals surface area contributed by atoms with Gasteiger partial charge >= 0.3 is 0 Å². The van der Waals surface area contributed by atoms with Gasteiger partial charge in [-0.15, -0.1) is 0 Å². The first-order valence-electron chi connectivity index (χ1n) is 9.37. The van der Waals surface area contributed by atoms with E-state index < -0.39 is 34.9 Å². The molecule has 1 unspecified atom stereocenters. The Labute approximate surface area is 189 Å². The van der Waals surface area contributed by atoms with Gasteiger partial charge in [-0.3, -0.25) is 14.4 Å². The molecule has 0 radical (unpaired) electrons. The van der Waals surface area contributed by atoms with Crippen molar-refractivity contribution in [1.29, 1.82) is 0 Å². The number of hydrogen-bond donors (Lipinski definition) is 3. The number of aromatic nitrogens is 2. The number of thioether (sulfide) groups is 1. The van der Waals surface area contributed by atoms with E-state index in [1.54, 1.807) is 18.2 Å². The number of carbonyl (C=O) groups is 2. The standard InChI is InChI=1S/C21H15ClF2N4O3S/c22-11-3-1-2-10(6-11)9-32-21-27-18-17(20(31)28-21)13(8-16(29)26-18)19(30)25-15-5-4-12(23)7-14(15)24/h1-7,13H,8-9H2,(H,25,30)(H2,26,27,28,29,31). The highest BCUT2D eigenvalue weighted by Crippen LogP contribution is 2.31. The molecule has 0 fully saturated rings. The number of nitrogens with zero attached hydrogens (tertiary/aromatic N) is 1. The highest BCUT2D eigenvalue weighted by molar-refractivity contribution is 7.98. The van der Waals surface area contributed by atoms with E-state index in [0.29, 0.717) is 16.8 Å². The summed E-state index contributed by atoms with van der Waals surface area (Å²) in [5, 5.41) is 5.64. The number of fused-ring (bicyclic) bond motifs is 1. The first-order valence-corrected chi connectivity index (χ1v) is 10.7. The molecule has 3 N–H and O–H groups in total. The van der Waals surface area contributed by atoms with E-state index in [2.05, 4.69) is 20.6 Å². The minimum Gasteiger partial charge on any atom is -0.323 e. The average molecular weight is 477 g/mol. The van der Waals surface area contributed by atoms with E-state index in [0.717, 1.165) is 17.7 Å². The summed E-state index contributed by atoms with van der Waals surface area (Å²) in [4.78, 5) is 44.5. The molecule has 2 amide bonds. The molecule has 164 valence electrons. The molecule has 1 aliphatic heterocycles. The summed E-state index contributed by atoms with van der Waals surface area (Å²) in [6.07, 6.45) is -0.318. The summed E-state index contributed by atoms with van der Waals surface area (Å²) in [6.45, 7) is 0. The van der Waals surface area contributed by atoms with Crippen LogP contribution in [-0.4, -0.2) is 21.8 Å². The van der Waals surface area contributed by atoms with Gasteiger partial charge in [0, 0.05) is 23.3 Å². The largest absolute Gasteiger partial charge is 0.323 e. The highest BCUT2D eigenvalue weighted by atomic mass is 35.5. The topological polar surface area (TPSA) is 104 Å². The number of H-pyrrole nitrogens is 1. The molecule has 32 heavy (non-hydrogen) atoms. The maximum atomic E-state index is 13.9. The lowest BCUT2D eigenvalue weighted by Gasteiger charge is -2.23. The van der Waals surface area contributed by atoms with Crippen molar-refractivity contribution in [1.82, 2.24) is 9.97 Å². The van der Waals surface area contributed by atoms with Gasteiger partial charge in [0.15, 0.2) is 5.16 Å². The zero-order valence-corrected chi connectivity index (χ0v) is 17.8. The Hall–Kier alpha value is -3.24. The molecule has 7 nitrogen and oxygen atoms in total. The Balaban J connectivity index is 1.58. The molecule has 0 saturated carbocycles. The Morgan fingerprint density at radius 1 is 1.22 bits per heavy atom. The van der Waals surface area contributed by atoms with Gasteiger partial charge in [-0.1, -0.05) is 35.5 Å². The van der Waals surface area contributed by atoms with Crippen molar-refractivity contribution in [3.63, 3.8) is 0 Å². The van der Waals surface area contributed by atoms with Crippen LogP contribution < -0.4 is 16.2 Å². The summed E-state index contributed by atoms with van der Waals surface area (Å²) in [5.74, 6) is -3.82. The lowest BCUT2D eigenvalue weighted by molar-refractivity contribution is -0.123. The van der Waals surface area contributed by atoms with Gasteiger partial charge in [0.25, 0.3) is 5.56 Å². The van der Waals surface area contributed by atoms with Crippen LogP contribution >= 0.6 is 23.4 Å². The molecule has 1 aliphatic rings. The summed E-state index contributed by atoms with van der Waals surface area (Å²) >= 11 is 7.20. The number of rotatable bonds is 5. The maximum absolute atomic E-state index is 13.9. The third-order valence-corrected chi connectivity index (χ3v) is 5.88. The SMILES string of the molecule is O=C1CC(C(=O)Nc2ccc(F)cc2F)c2c(nc(SCc3cccc(Cl)c3)[nH]c2=O)N1. The van der Waals surface area contributed by atoms with E-state index in [9.17, 15) is 23.2 Å². The molecule has 0 aliphatic carbocycles. The number of hydrogen-bond acceptors (Lipinski definition) is 5. The van der Waals surface area contributed by atoms with Gasteiger partial charge in [-0.2, -0.15) is 0 Å². The van der Waals surface area contributed by atoms with Gasteiger partial charge in [0.05, 0.1) is 17.2 Å². The minimum absolute atomic E-state index is 0.0293. The second-order valence-corrected chi connectivity index (χ2v) is 8.37. The number of aromatic amines is 1. The fourth-order valence-electron chi connectivity index (χ4n) is 3.23. The first kappa shape index (κ1) is 22.0. The van der Waals surface area contributed by atoms with Crippen LogP contribution in [0, 0.1) is 11.6 Å². The monoisotopic (exact) mass is 476 g/mol. The molecule has 0 saturated heterocycles. The summed E-state index contributed by atoms with van der Waals surface area (Å²) in [6, 6.07) is 9.85. The van der Waals surface area contributed by atoms with Crippen LogP contribution in [0.2, 0.25) is 5.02 Å². The zero-order chi connectivity index (χ0) is 22.8. The maximum Gasteiger partial charge on any atom is 0.257 e. The van der Waals surface area contributed by atoms with Crippen molar-refractivity contribution >= 4 is 46.7 Å². The van der Waals surface area contributed by atoms with Gasteiger partial charge < -0.3 is 15.6 Å². The second kappa shape index (κ2) is 9.09. The van der Waals surface area contributed by atoms with Crippen LogP contribution in [-0.2, 0) is 15.3 Å². The molecule has 1 atom stereocenters. The number of benzene rings is 2. The number of carbonyl (C=O) groups excluding carboxylic acids is 2. The smallest absolute Gasteiger partial charge is 0.257 e. The molecule has 2 aromatic carbocycles. The van der Waals surface area contributed by atoms with Crippen molar-refractivity contribution in [2.24, 2.45) is 0 Å². The third-order valence-electron chi connectivity index (χ3n) is 4.70. The predicted molar refractivity (Wildman–Crippen MR) is 117 cm³/mol. The Morgan fingerprint density at radius 3 is 2.78 bits per heavy atom. The van der Waals surface area contributed by atoms with E-state index in [-0.39, 0.29) is 28.6 Å². The van der Waals surface area contributed by atoms with Gasteiger partial charge in [-0.25, -0.2) is 13.8 Å². The summed E-state index contributed by atoms with van der Waals surface area (Å²) < 4.78 is 27.0. The average Bonchev–Trinajstić information content (AvgIpc) is 2.73. The van der Waals surface area contributed by atoms with Crippen LogP contribution in [0.25, 0.3) is 0 Å². The third kappa shape index (κ3) is 4.81. The normalized spacial score (nSPS) is 15.1. The Morgan fingerprint density at radius 2 is 2.03 bits per heavy atom. The van der Waals surface area contributed by atoms with Crippen molar-refractivity contribution in [2.45, 2.75) is 23.2 Å². The van der Waals surface area contributed by atoms with Crippen LogP contribution in [0.5, 0.6) is 0 Å². The lowest BCUT2D eigenvalue weighted by atomic mass is 9.92. The van der Waals surface area contributed by atoms with E-state index in [1.165, 1.54) is 11.8 Å². The number of anilines is 2. The van der Waals surface area contributed by atoms with Crippen molar-refractivity contribution < 1.29 is 18.4 Å². The van der Waals surface area contributed by atoms with Crippen molar-refractivity contribution in [3.05, 3.63) is 80.6 Å². The van der Waals surface area contributed by atoms with Crippen molar-refractivity contribution in [2.75, 3.05) is 10.6 Å². The number of nitrogens with one attached hydrogen (secondary N) is 3. The second-order valence-electron chi connectivity index (χ2n) is 6.97. The Bertz CT molecular complexity index is 1280. The molecule has 11 heteroatoms. The fraction of sp³-hybridized carbons (Fsp3) is 0.143. The molecular weight excluding hydrogens is 462 g/mol. The van der Waals surface area contributed by atoms with E-state index in [1.807, 2.05) is 6.07 Å². The molecule has 0 spiro atoms. The molecule has 4 rings (SSSR count). The van der Waals surface area contributed by atoms with Gasteiger partial charge in [-0.05, 0) is 29.8 Å². The molecule has 0 bridgehead atoms. The molecular formula is C21H15ClF2N4O3S. The van der Waals surface area contributed by atoms with E-state index in [4.69, 9.17) is 11.6 Å². The molecule has 1 aromatic heterocycles.